The van der Waals surface area contributed by atoms with E-state index in [0.717, 1.165) is 6.42 Å². The van der Waals surface area contributed by atoms with E-state index in [1.807, 2.05) is 6.92 Å². The van der Waals surface area contributed by atoms with E-state index in [4.69, 9.17) is 10.5 Å². The van der Waals surface area contributed by atoms with Gasteiger partial charge in [0, 0.05) is 6.54 Å². The Labute approximate surface area is 117 Å². The molecule has 110 valence electrons. The molecule has 3 N–H and O–H groups in total. The van der Waals surface area contributed by atoms with Gasteiger partial charge >= 0.3 is 0 Å². The van der Waals surface area contributed by atoms with Crippen LogP contribution < -0.4 is 15.8 Å². The van der Waals surface area contributed by atoms with E-state index in [1.54, 1.807) is 6.07 Å². The first-order valence-electron chi connectivity index (χ1n) is 6.36. The Morgan fingerprint density at radius 2 is 2.25 bits per heavy atom. The van der Waals surface area contributed by atoms with Crippen LogP contribution >= 0.6 is 0 Å². The molecular weight excluding hydrogens is 262 g/mol. The lowest BCUT2D eigenvalue weighted by molar-refractivity contribution is -0.384. The average molecular weight is 281 g/mol. The SMILES string of the molecule is CCCC(CN)C(=O)Nc1ccc(OC)cc1[N+](=O)[O-]. The van der Waals surface area contributed by atoms with Gasteiger partial charge in [-0.15, -0.1) is 0 Å². The van der Waals surface area contributed by atoms with E-state index in [-0.39, 0.29) is 29.7 Å². The molecule has 0 saturated carbocycles. The van der Waals surface area contributed by atoms with Gasteiger partial charge in [0.15, 0.2) is 0 Å². The molecule has 0 fully saturated rings. The van der Waals surface area contributed by atoms with Crippen molar-refractivity contribution in [3.8, 4) is 5.75 Å². The number of carbonyl (C=O) groups is 1. The highest BCUT2D eigenvalue weighted by molar-refractivity contribution is 5.95. The number of anilines is 1. The van der Waals surface area contributed by atoms with Gasteiger partial charge in [0.2, 0.25) is 5.91 Å². The minimum Gasteiger partial charge on any atom is -0.496 e. The fourth-order valence-electron chi connectivity index (χ4n) is 1.83. The van der Waals surface area contributed by atoms with Gasteiger partial charge in [-0.3, -0.25) is 14.9 Å². The second kappa shape index (κ2) is 7.44. The number of nitrogens with zero attached hydrogens (tertiary/aromatic N) is 1. The number of nitro benzene ring substituents is 1. The molecule has 20 heavy (non-hydrogen) atoms. The first kappa shape index (κ1) is 15.9. The Morgan fingerprint density at radius 1 is 1.55 bits per heavy atom. The molecule has 1 amide bonds. The van der Waals surface area contributed by atoms with Crippen molar-refractivity contribution in [3.63, 3.8) is 0 Å². The van der Waals surface area contributed by atoms with Crippen LogP contribution in [0.4, 0.5) is 11.4 Å². The monoisotopic (exact) mass is 281 g/mol. The van der Waals surface area contributed by atoms with Crippen molar-refractivity contribution in [1.82, 2.24) is 0 Å². The van der Waals surface area contributed by atoms with Gasteiger partial charge in [-0.25, -0.2) is 0 Å². The summed E-state index contributed by atoms with van der Waals surface area (Å²) in [6.45, 7) is 2.16. The van der Waals surface area contributed by atoms with Crippen molar-refractivity contribution < 1.29 is 14.5 Å². The molecule has 0 aliphatic carbocycles. The normalized spacial score (nSPS) is 11.8. The summed E-state index contributed by atoms with van der Waals surface area (Å²) >= 11 is 0. The molecule has 7 nitrogen and oxygen atoms in total. The van der Waals surface area contributed by atoms with Crippen LogP contribution in [0.2, 0.25) is 0 Å². The van der Waals surface area contributed by atoms with Crippen LogP contribution in [0.15, 0.2) is 18.2 Å². The number of nitro groups is 1. The third-order valence-corrected chi connectivity index (χ3v) is 2.95. The molecule has 1 aromatic rings. The fraction of sp³-hybridized carbons (Fsp3) is 0.462. The molecule has 7 heteroatoms. The number of hydrogen-bond acceptors (Lipinski definition) is 5. The van der Waals surface area contributed by atoms with E-state index in [0.29, 0.717) is 12.2 Å². The van der Waals surface area contributed by atoms with Gasteiger partial charge < -0.3 is 15.8 Å². The van der Waals surface area contributed by atoms with Crippen LogP contribution in [0, 0.1) is 16.0 Å². The second-order valence-electron chi connectivity index (χ2n) is 4.35. The summed E-state index contributed by atoms with van der Waals surface area (Å²) in [5.74, 6) is -0.289. The summed E-state index contributed by atoms with van der Waals surface area (Å²) in [5, 5.41) is 13.6. The Hall–Kier alpha value is -2.15. The molecule has 1 unspecified atom stereocenters. The minimum absolute atomic E-state index is 0.148. The molecule has 0 spiro atoms. The Bertz CT molecular complexity index is 491. The third-order valence-electron chi connectivity index (χ3n) is 2.95. The first-order valence-corrected chi connectivity index (χ1v) is 6.36. The van der Waals surface area contributed by atoms with E-state index < -0.39 is 4.92 Å². The molecule has 1 rings (SSSR count). The predicted molar refractivity (Wildman–Crippen MR) is 75.7 cm³/mol. The largest absolute Gasteiger partial charge is 0.496 e. The number of benzene rings is 1. The summed E-state index contributed by atoms with van der Waals surface area (Å²) in [6, 6.07) is 4.28. The van der Waals surface area contributed by atoms with Crippen molar-refractivity contribution in [2.24, 2.45) is 11.7 Å². The highest BCUT2D eigenvalue weighted by Crippen LogP contribution is 2.29. The fourth-order valence-corrected chi connectivity index (χ4v) is 1.83. The van der Waals surface area contributed by atoms with Crippen LogP contribution in [-0.4, -0.2) is 24.5 Å². The number of methoxy groups -OCH3 is 1. The summed E-state index contributed by atoms with van der Waals surface area (Å²) in [4.78, 5) is 22.5. The lowest BCUT2D eigenvalue weighted by Gasteiger charge is -2.14. The van der Waals surface area contributed by atoms with Gasteiger partial charge in [-0.2, -0.15) is 0 Å². The quantitative estimate of drug-likeness (QED) is 0.586. The predicted octanol–water partition coefficient (Wildman–Crippen LogP) is 1.92. The molecule has 0 aliphatic rings. The van der Waals surface area contributed by atoms with Crippen LogP contribution in [0.1, 0.15) is 19.8 Å². The smallest absolute Gasteiger partial charge is 0.296 e. The first-order chi connectivity index (χ1) is 9.53. The van der Waals surface area contributed by atoms with Crippen LogP contribution in [-0.2, 0) is 4.79 Å². The topological polar surface area (TPSA) is 107 Å². The lowest BCUT2D eigenvalue weighted by Crippen LogP contribution is -2.29. The zero-order valence-electron chi connectivity index (χ0n) is 11.6. The van der Waals surface area contributed by atoms with E-state index in [2.05, 4.69) is 5.32 Å². The molecule has 0 saturated heterocycles. The number of nitrogens with one attached hydrogen (secondary N) is 1. The molecular formula is C13H19N3O4. The Kier molecular flexibility index (Phi) is 5.92. The van der Waals surface area contributed by atoms with Crippen molar-refractivity contribution in [1.29, 1.82) is 0 Å². The highest BCUT2D eigenvalue weighted by atomic mass is 16.6. The second-order valence-corrected chi connectivity index (χ2v) is 4.35. The Balaban J connectivity index is 2.96. The van der Waals surface area contributed by atoms with Gasteiger partial charge in [0.1, 0.15) is 11.4 Å². The van der Waals surface area contributed by atoms with Crippen molar-refractivity contribution in [3.05, 3.63) is 28.3 Å². The molecule has 1 aromatic carbocycles. The number of hydrogen-bond donors (Lipinski definition) is 2. The zero-order chi connectivity index (χ0) is 15.1. The molecule has 0 radical (unpaired) electrons. The number of carbonyl (C=O) groups excluding carboxylic acids is 1. The number of nitrogens with two attached hydrogens (primary N) is 1. The van der Waals surface area contributed by atoms with E-state index >= 15 is 0 Å². The summed E-state index contributed by atoms with van der Waals surface area (Å²) in [6.07, 6.45) is 1.46. The van der Waals surface area contributed by atoms with Gasteiger partial charge in [0.25, 0.3) is 5.69 Å². The van der Waals surface area contributed by atoms with Crippen LogP contribution in [0.25, 0.3) is 0 Å². The third kappa shape index (κ3) is 3.92. The highest BCUT2D eigenvalue weighted by Gasteiger charge is 2.21. The maximum absolute atomic E-state index is 12.0. The number of rotatable bonds is 7. The minimum atomic E-state index is -0.560. The van der Waals surface area contributed by atoms with Gasteiger partial charge in [0.05, 0.1) is 24.0 Å². The summed E-state index contributed by atoms with van der Waals surface area (Å²) in [5.41, 5.74) is 5.49. The Morgan fingerprint density at radius 3 is 2.75 bits per heavy atom. The zero-order valence-corrected chi connectivity index (χ0v) is 11.6. The number of ether oxygens (including phenoxy) is 1. The molecule has 0 aliphatic heterocycles. The molecule has 0 bridgehead atoms. The van der Waals surface area contributed by atoms with Gasteiger partial charge in [-0.1, -0.05) is 13.3 Å². The molecule has 0 heterocycles. The summed E-state index contributed by atoms with van der Waals surface area (Å²) in [7, 11) is 1.42. The van der Waals surface area contributed by atoms with Gasteiger partial charge in [-0.05, 0) is 18.6 Å². The maximum Gasteiger partial charge on any atom is 0.296 e. The average Bonchev–Trinajstić information content (AvgIpc) is 2.44. The maximum atomic E-state index is 12.0. The standard InChI is InChI=1S/C13H19N3O4/c1-3-4-9(8-14)13(17)15-11-6-5-10(20-2)7-12(11)16(18)19/h5-7,9H,3-4,8,14H2,1-2H3,(H,15,17). The van der Waals surface area contributed by atoms with Crippen LogP contribution in [0.3, 0.4) is 0 Å². The van der Waals surface area contributed by atoms with Crippen molar-refractivity contribution in [2.75, 3.05) is 19.0 Å². The lowest BCUT2D eigenvalue weighted by atomic mass is 10.0. The molecule has 1 atom stereocenters. The van der Waals surface area contributed by atoms with Crippen LogP contribution in [0.5, 0.6) is 5.75 Å². The van der Waals surface area contributed by atoms with E-state index in [9.17, 15) is 14.9 Å². The summed E-state index contributed by atoms with van der Waals surface area (Å²) < 4.78 is 4.94. The van der Waals surface area contributed by atoms with Crippen molar-refractivity contribution in [2.45, 2.75) is 19.8 Å². The van der Waals surface area contributed by atoms with Crippen molar-refractivity contribution >= 4 is 17.3 Å². The molecule has 0 aromatic heterocycles. The number of amides is 1. The van der Waals surface area contributed by atoms with E-state index in [1.165, 1.54) is 19.2 Å².